The highest BCUT2D eigenvalue weighted by molar-refractivity contribution is 7.31. The van der Waals surface area contributed by atoms with Crippen LogP contribution in [0, 0.1) is 23.3 Å². The van der Waals surface area contributed by atoms with Crippen LogP contribution in [-0.4, -0.2) is 44.5 Å². The van der Waals surface area contributed by atoms with Gasteiger partial charge in [0.2, 0.25) is 23.1 Å². The summed E-state index contributed by atoms with van der Waals surface area (Å²) in [6.07, 6.45) is 0.599. The molecule has 8 aromatic rings. The number of hydrogen-bond acceptors (Lipinski definition) is 10. The molecule has 16 heteroatoms. The molecule has 0 spiro atoms. The van der Waals surface area contributed by atoms with Gasteiger partial charge in [0.25, 0.3) is 0 Å². The van der Waals surface area contributed by atoms with E-state index in [1.807, 2.05) is 0 Å². The highest BCUT2D eigenvalue weighted by Gasteiger charge is 2.39. The number of halogens is 4. The molecular formula is C46H22F4N2O8S2. The monoisotopic (exact) mass is 870 g/mol. The second-order valence-electron chi connectivity index (χ2n) is 14.2. The lowest BCUT2D eigenvalue weighted by molar-refractivity contribution is -0.110. The van der Waals surface area contributed by atoms with Crippen LogP contribution >= 0.6 is 22.7 Å². The van der Waals surface area contributed by atoms with E-state index in [2.05, 4.69) is 0 Å². The number of carbonyl (C=O) groups excluding carboxylic acids is 6. The van der Waals surface area contributed by atoms with Gasteiger partial charge in [-0.3, -0.25) is 19.2 Å². The van der Waals surface area contributed by atoms with Gasteiger partial charge in [0, 0.05) is 39.3 Å². The first-order valence-corrected chi connectivity index (χ1v) is 20.2. The number of rotatable bonds is 6. The summed E-state index contributed by atoms with van der Waals surface area (Å²) in [7, 11) is 0. The van der Waals surface area contributed by atoms with Crippen LogP contribution in [0.4, 0.5) is 27.2 Å². The molecule has 0 unspecified atom stereocenters. The lowest BCUT2D eigenvalue weighted by Gasteiger charge is -2.11. The van der Waals surface area contributed by atoms with E-state index in [0.717, 1.165) is 45.4 Å². The van der Waals surface area contributed by atoms with Crippen LogP contribution in [-0.2, 0) is 32.3 Å². The van der Waals surface area contributed by atoms with Crippen molar-refractivity contribution in [1.29, 1.82) is 0 Å². The third kappa shape index (κ3) is 6.13. The lowest BCUT2D eigenvalue weighted by atomic mass is 10.1. The van der Waals surface area contributed by atoms with Crippen molar-refractivity contribution >= 4 is 112 Å². The quantitative estimate of drug-likeness (QED) is 0.0917. The van der Waals surface area contributed by atoms with Crippen molar-refractivity contribution in [3.8, 4) is 0 Å². The van der Waals surface area contributed by atoms with E-state index < -0.39 is 69.7 Å². The van der Waals surface area contributed by atoms with E-state index in [1.54, 1.807) is 60.7 Å². The second-order valence-corrected chi connectivity index (χ2v) is 16.4. The predicted octanol–water partition coefficient (Wildman–Crippen LogP) is 10.4. The van der Waals surface area contributed by atoms with Crippen molar-refractivity contribution in [3.05, 3.63) is 164 Å². The minimum Gasteiger partial charge on any atom is -0.444 e. The fourth-order valence-corrected chi connectivity index (χ4v) is 10.2. The third-order valence-electron chi connectivity index (χ3n) is 10.4. The fourth-order valence-electron chi connectivity index (χ4n) is 7.74. The number of ether oxygens (including phenoxy) is 2. The molecule has 10 nitrogen and oxygen atoms in total. The summed E-state index contributed by atoms with van der Waals surface area (Å²) in [5.74, 6) is -8.93. The van der Waals surface area contributed by atoms with Gasteiger partial charge in [-0.15, -0.1) is 22.7 Å². The Hall–Kier alpha value is -7.56. The fraction of sp³-hybridized carbons (Fsp3) is 0.0435. The number of carbonyl (C=O) groups is 6. The lowest BCUT2D eigenvalue weighted by Crippen LogP contribution is -2.17. The minimum absolute atomic E-state index is 0.0263. The number of benzene rings is 4. The number of aromatic nitrogens is 2. The van der Waals surface area contributed by atoms with E-state index in [9.17, 15) is 46.3 Å². The molecule has 0 N–H and O–H groups in total. The van der Waals surface area contributed by atoms with Gasteiger partial charge in [-0.1, -0.05) is 60.7 Å². The van der Waals surface area contributed by atoms with Gasteiger partial charge in [0.15, 0.2) is 0 Å². The summed E-state index contributed by atoms with van der Waals surface area (Å²) in [4.78, 5) is 81.2. The first-order chi connectivity index (χ1) is 29.9. The van der Waals surface area contributed by atoms with Gasteiger partial charge < -0.3 is 9.47 Å². The molecule has 4 heterocycles. The van der Waals surface area contributed by atoms with Crippen molar-refractivity contribution in [2.45, 2.75) is 13.2 Å². The van der Waals surface area contributed by atoms with Crippen LogP contribution in [0.5, 0.6) is 0 Å². The summed E-state index contributed by atoms with van der Waals surface area (Å²) >= 11 is 2.20. The molecule has 62 heavy (non-hydrogen) atoms. The van der Waals surface area contributed by atoms with Crippen LogP contribution < -0.4 is 0 Å². The van der Waals surface area contributed by atoms with Gasteiger partial charge >= 0.3 is 12.2 Å². The first-order valence-electron chi connectivity index (χ1n) is 18.5. The summed E-state index contributed by atoms with van der Waals surface area (Å²) in [5.41, 5.74) is -0.518. The molecule has 0 aliphatic heterocycles. The number of nitrogens with zero attached hydrogens (tertiary/aromatic N) is 2. The van der Waals surface area contributed by atoms with Gasteiger partial charge in [-0.25, -0.2) is 36.3 Å². The van der Waals surface area contributed by atoms with E-state index in [4.69, 9.17) is 9.47 Å². The smallest absolute Gasteiger partial charge is 0.419 e. The maximum Gasteiger partial charge on any atom is 0.419 e. The molecule has 0 saturated heterocycles. The van der Waals surface area contributed by atoms with Gasteiger partial charge in [0.1, 0.15) is 36.5 Å². The Balaban J connectivity index is 1.19. The van der Waals surface area contributed by atoms with E-state index in [-0.39, 0.29) is 57.7 Å². The average Bonchev–Trinajstić information content (AvgIpc) is 4.06. The van der Waals surface area contributed by atoms with Crippen molar-refractivity contribution in [2.24, 2.45) is 0 Å². The molecule has 2 aliphatic rings. The molecule has 4 aromatic heterocycles. The average molecular weight is 871 g/mol. The van der Waals surface area contributed by atoms with E-state index in [0.29, 0.717) is 42.2 Å². The highest BCUT2D eigenvalue weighted by atomic mass is 32.1. The zero-order valence-electron chi connectivity index (χ0n) is 31.3. The summed E-state index contributed by atoms with van der Waals surface area (Å²) in [6, 6.07) is 23.3. The van der Waals surface area contributed by atoms with Crippen molar-refractivity contribution < 1.29 is 55.8 Å². The van der Waals surface area contributed by atoms with Crippen LogP contribution in [0.15, 0.2) is 97.1 Å². The maximum atomic E-state index is 14.9. The standard InChI is InChI=1S/C46H22F4N2O8S2/c47-23-11-27-29(39(53)41(55)35(27)31(49)13-23)15-25-16-34-37(51(25)45(57)59-19-21-7-3-1-4-8-21)38-44(62-34)43-33(52(38)46(58)60-20-22-9-5-2-6-10-22)18-26(61-43)17-30-28-12-24(48)14-32(50)36(28)42(56)40(30)54/h1-18H,19-20H2/b29-15-,30-17-. The zero-order valence-corrected chi connectivity index (χ0v) is 32.9. The first kappa shape index (κ1) is 38.6. The number of allylic oxidation sites excluding steroid dienone is 2. The van der Waals surface area contributed by atoms with Crippen LogP contribution in [0.3, 0.4) is 0 Å². The topological polar surface area (TPSA) is 131 Å². The highest BCUT2D eigenvalue weighted by Crippen LogP contribution is 2.47. The molecule has 0 bridgehead atoms. The zero-order chi connectivity index (χ0) is 43.1. The Morgan fingerprint density at radius 2 is 1.08 bits per heavy atom. The molecule has 10 rings (SSSR count). The number of fused-ring (bicyclic) bond motifs is 7. The van der Waals surface area contributed by atoms with Crippen LogP contribution in [0.1, 0.15) is 53.5 Å². The minimum atomic E-state index is -1.23. The van der Waals surface area contributed by atoms with Gasteiger partial charge in [0.05, 0.1) is 47.5 Å². The van der Waals surface area contributed by atoms with Crippen molar-refractivity contribution in [1.82, 2.24) is 9.13 Å². The Bertz CT molecular complexity index is 3410. The number of ketones is 4. The second kappa shape index (κ2) is 14.6. The molecule has 0 saturated carbocycles. The number of hydrogen-bond donors (Lipinski definition) is 0. The van der Waals surface area contributed by atoms with Gasteiger partial charge in [-0.05, 0) is 47.5 Å². The Kier molecular flexibility index (Phi) is 9.08. The van der Waals surface area contributed by atoms with Crippen molar-refractivity contribution in [3.63, 3.8) is 0 Å². The SMILES string of the molecule is O=C1C(=O)c2c(F)cc(F)cc2/C1=C/c1cc2c(s1)c1sc3cc(/C=C4\C(=O)C(=O)c5c(F)cc(F)cc54)n(C(=O)OCc4ccccc4)c3c1n2C(=O)OCc1ccccc1. The molecule has 0 fully saturated rings. The van der Waals surface area contributed by atoms with E-state index in [1.165, 1.54) is 22.8 Å². The largest absolute Gasteiger partial charge is 0.444 e. The molecule has 0 radical (unpaired) electrons. The van der Waals surface area contributed by atoms with E-state index >= 15 is 0 Å². The maximum absolute atomic E-state index is 14.9. The molecular weight excluding hydrogens is 849 g/mol. The molecule has 0 amide bonds. The van der Waals surface area contributed by atoms with Crippen molar-refractivity contribution in [2.75, 3.05) is 0 Å². The summed E-state index contributed by atoms with van der Waals surface area (Å²) in [5, 5.41) is 0. The molecule has 0 atom stereocenters. The molecule has 2 aliphatic carbocycles. The van der Waals surface area contributed by atoms with Crippen LogP contribution in [0.25, 0.3) is 53.9 Å². The molecule has 304 valence electrons. The Morgan fingerprint density at radius 3 is 1.63 bits per heavy atom. The summed E-state index contributed by atoms with van der Waals surface area (Å²) in [6.45, 7) is -0.370. The predicted molar refractivity (Wildman–Crippen MR) is 222 cm³/mol. The number of thiophene rings is 2. The summed E-state index contributed by atoms with van der Waals surface area (Å²) < 4.78 is 73.6. The Morgan fingerprint density at radius 1 is 0.565 bits per heavy atom. The Labute approximate surface area is 353 Å². The number of Topliss-reactive ketones (excluding diaryl/α,β-unsaturated/α-hetero) is 4. The molecule has 4 aromatic carbocycles. The third-order valence-corrected chi connectivity index (χ3v) is 12.8. The normalized spacial score (nSPS) is 14.9. The van der Waals surface area contributed by atoms with Crippen LogP contribution in [0.2, 0.25) is 0 Å². The van der Waals surface area contributed by atoms with Gasteiger partial charge in [-0.2, -0.15) is 0 Å².